The van der Waals surface area contributed by atoms with Gasteiger partial charge in [0, 0.05) is 28.8 Å². The van der Waals surface area contributed by atoms with Crippen LogP contribution in [-0.2, 0) is 9.59 Å². The normalized spacial score (nSPS) is 48.9. The molecule has 0 radical (unpaired) electrons. The number of carbonyl (C=O) groups excluding carboxylic acids is 2. The zero-order valence-electron chi connectivity index (χ0n) is 23.1. The highest BCUT2D eigenvalue weighted by Gasteiger charge is 2.75. The van der Waals surface area contributed by atoms with E-state index in [1.807, 2.05) is 19.9 Å². The molecule has 5 aliphatic rings. The monoisotopic (exact) mass is 493 g/mol. The molecule has 0 heterocycles. The predicted molar refractivity (Wildman–Crippen MR) is 137 cm³/mol. The molecule has 5 rings (SSSR count). The quantitative estimate of drug-likeness (QED) is 0.516. The molecule has 5 heteroatoms. The molecular formula is C31H43NO4. The van der Waals surface area contributed by atoms with Crippen molar-refractivity contribution >= 4 is 11.6 Å². The fraction of sp³-hybridized carbons (Fsp3) is 0.774. The summed E-state index contributed by atoms with van der Waals surface area (Å²) < 4.78 is 0. The molecule has 5 nitrogen and oxygen atoms in total. The molecule has 0 aromatic rings. The van der Waals surface area contributed by atoms with Crippen molar-refractivity contribution in [3.05, 3.63) is 23.3 Å². The molecule has 196 valence electrons. The smallest absolute Gasteiger partial charge is 0.188 e. The van der Waals surface area contributed by atoms with Crippen LogP contribution in [0.25, 0.3) is 0 Å². The number of allylic oxidation sites excluding steroid dienone is 3. The number of nitrogens with zero attached hydrogens (tertiary/aromatic N) is 1. The summed E-state index contributed by atoms with van der Waals surface area (Å²) in [5.74, 6) is -0.692. The zero-order chi connectivity index (χ0) is 26.7. The number of ketones is 2. The second-order valence-electron chi connectivity index (χ2n) is 14.9. The van der Waals surface area contributed by atoms with E-state index in [-0.39, 0.29) is 41.0 Å². The number of hydrogen-bond acceptors (Lipinski definition) is 5. The second kappa shape index (κ2) is 7.20. The van der Waals surface area contributed by atoms with Gasteiger partial charge in [0.25, 0.3) is 0 Å². The third-order valence-electron chi connectivity index (χ3n) is 12.5. The van der Waals surface area contributed by atoms with Gasteiger partial charge in [0.15, 0.2) is 11.6 Å². The van der Waals surface area contributed by atoms with Crippen LogP contribution in [0.15, 0.2) is 23.3 Å². The lowest BCUT2D eigenvalue weighted by Gasteiger charge is -2.71. The van der Waals surface area contributed by atoms with Crippen LogP contribution in [-0.4, -0.2) is 34.0 Å². The average Bonchev–Trinajstić information content (AvgIpc) is 2.80. The maximum atomic E-state index is 14.3. The number of carbonyl (C=O) groups is 2. The van der Waals surface area contributed by atoms with Crippen LogP contribution in [0.3, 0.4) is 0 Å². The van der Waals surface area contributed by atoms with Gasteiger partial charge < -0.3 is 10.2 Å². The van der Waals surface area contributed by atoms with E-state index in [1.165, 1.54) is 0 Å². The standard InChI is InChI=1S/C31H43NO4/c1-25(2)10-12-30(18-33)13-11-29(7)28(6)9-8-20-26(3,4)24(35)19(17-32)15-27(20,5)21(28)14-23(34)31(29,36)22(30)16-25/h14-15,20,22,33,36H,8-13,16,18H2,1-7H3. The molecule has 0 aromatic heterocycles. The van der Waals surface area contributed by atoms with Crippen LogP contribution in [0.1, 0.15) is 93.4 Å². The third-order valence-corrected chi connectivity index (χ3v) is 12.5. The Morgan fingerprint density at radius 1 is 0.972 bits per heavy atom. The minimum absolute atomic E-state index is 0.00292. The summed E-state index contributed by atoms with van der Waals surface area (Å²) in [7, 11) is 0. The summed E-state index contributed by atoms with van der Waals surface area (Å²) in [6, 6.07) is 2.14. The molecular weight excluding hydrogens is 450 g/mol. The highest BCUT2D eigenvalue weighted by molar-refractivity contribution is 6.05. The predicted octanol–water partition coefficient (Wildman–Crippen LogP) is 5.31. The molecule has 5 aliphatic carbocycles. The van der Waals surface area contributed by atoms with Crippen molar-refractivity contribution in [1.82, 2.24) is 0 Å². The Bertz CT molecular complexity index is 1160. The van der Waals surface area contributed by atoms with Gasteiger partial charge in [-0.1, -0.05) is 54.5 Å². The fourth-order valence-electron chi connectivity index (χ4n) is 10.0. The van der Waals surface area contributed by atoms with Crippen molar-refractivity contribution < 1.29 is 19.8 Å². The molecule has 0 bridgehead atoms. The maximum Gasteiger partial charge on any atom is 0.188 e. The average molecular weight is 494 g/mol. The second-order valence-corrected chi connectivity index (χ2v) is 14.9. The first-order valence-electron chi connectivity index (χ1n) is 13.8. The minimum Gasteiger partial charge on any atom is -0.396 e. The molecule has 0 amide bonds. The Morgan fingerprint density at radius 3 is 2.22 bits per heavy atom. The van der Waals surface area contributed by atoms with E-state index in [0.717, 1.165) is 37.7 Å². The van der Waals surface area contributed by atoms with Crippen molar-refractivity contribution in [2.24, 2.45) is 44.3 Å². The lowest BCUT2D eigenvalue weighted by Crippen LogP contribution is -2.74. The zero-order valence-corrected chi connectivity index (χ0v) is 23.1. The summed E-state index contributed by atoms with van der Waals surface area (Å²) >= 11 is 0. The van der Waals surface area contributed by atoms with Crippen LogP contribution < -0.4 is 0 Å². The third kappa shape index (κ3) is 2.73. The molecule has 36 heavy (non-hydrogen) atoms. The summed E-state index contributed by atoms with van der Waals surface area (Å²) in [6.07, 6.45) is 9.09. The Balaban J connectivity index is 1.74. The van der Waals surface area contributed by atoms with E-state index in [2.05, 4.69) is 40.7 Å². The number of nitriles is 1. The molecule has 0 aromatic carbocycles. The van der Waals surface area contributed by atoms with E-state index in [4.69, 9.17) is 0 Å². The minimum atomic E-state index is -1.56. The number of aliphatic hydroxyl groups is 2. The van der Waals surface area contributed by atoms with Gasteiger partial charge in [-0.15, -0.1) is 0 Å². The van der Waals surface area contributed by atoms with Crippen LogP contribution in [0.2, 0.25) is 0 Å². The molecule has 2 N–H and O–H groups in total. The number of Topliss-reactive ketones (excluding diaryl/α,β-unsaturated/α-hetero) is 1. The van der Waals surface area contributed by atoms with Crippen molar-refractivity contribution in [1.29, 1.82) is 5.26 Å². The van der Waals surface area contributed by atoms with Gasteiger partial charge in [-0.25, -0.2) is 0 Å². The van der Waals surface area contributed by atoms with Gasteiger partial charge >= 0.3 is 0 Å². The fourth-order valence-corrected chi connectivity index (χ4v) is 10.0. The molecule has 3 fully saturated rings. The van der Waals surface area contributed by atoms with Gasteiger partial charge in [0.2, 0.25) is 0 Å². The Labute approximate surface area is 216 Å². The molecule has 3 saturated carbocycles. The first-order chi connectivity index (χ1) is 16.5. The van der Waals surface area contributed by atoms with Gasteiger partial charge in [-0.05, 0) is 78.8 Å². The molecule has 7 unspecified atom stereocenters. The largest absolute Gasteiger partial charge is 0.396 e. The first-order valence-corrected chi connectivity index (χ1v) is 13.8. The van der Waals surface area contributed by atoms with Gasteiger partial charge in [-0.3, -0.25) is 9.59 Å². The van der Waals surface area contributed by atoms with Crippen LogP contribution in [0.5, 0.6) is 0 Å². The van der Waals surface area contributed by atoms with Gasteiger partial charge in [0.05, 0.1) is 5.57 Å². The molecule has 0 saturated heterocycles. The van der Waals surface area contributed by atoms with Crippen LogP contribution in [0.4, 0.5) is 0 Å². The van der Waals surface area contributed by atoms with Gasteiger partial charge in [0.1, 0.15) is 11.7 Å². The van der Waals surface area contributed by atoms with Crippen molar-refractivity contribution in [3.63, 3.8) is 0 Å². The Kier molecular flexibility index (Phi) is 5.17. The Hall–Kier alpha value is -1.77. The van der Waals surface area contributed by atoms with Crippen LogP contribution in [0, 0.1) is 55.7 Å². The van der Waals surface area contributed by atoms with E-state index >= 15 is 0 Å². The van der Waals surface area contributed by atoms with E-state index in [1.54, 1.807) is 6.08 Å². The van der Waals surface area contributed by atoms with E-state index in [9.17, 15) is 25.1 Å². The summed E-state index contributed by atoms with van der Waals surface area (Å²) in [5.41, 5.74) is -3.36. The van der Waals surface area contributed by atoms with Crippen molar-refractivity contribution in [3.8, 4) is 6.07 Å². The number of fused-ring (bicyclic) bond motifs is 7. The van der Waals surface area contributed by atoms with E-state index in [0.29, 0.717) is 12.8 Å². The lowest BCUT2D eigenvalue weighted by molar-refractivity contribution is -0.250. The number of hydrogen-bond donors (Lipinski definition) is 2. The highest BCUT2D eigenvalue weighted by Crippen LogP contribution is 2.75. The van der Waals surface area contributed by atoms with Crippen molar-refractivity contribution in [2.45, 2.75) is 99.0 Å². The number of rotatable bonds is 1. The maximum absolute atomic E-state index is 14.3. The molecule has 0 spiro atoms. The van der Waals surface area contributed by atoms with E-state index < -0.39 is 32.7 Å². The summed E-state index contributed by atoms with van der Waals surface area (Å²) in [6.45, 7) is 14.7. The van der Waals surface area contributed by atoms with Crippen LogP contribution >= 0.6 is 0 Å². The summed E-state index contributed by atoms with van der Waals surface area (Å²) in [4.78, 5) is 27.5. The van der Waals surface area contributed by atoms with Gasteiger partial charge in [-0.2, -0.15) is 5.26 Å². The Morgan fingerprint density at radius 2 is 1.61 bits per heavy atom. The van der Waals surface area contributed by atoms with Crippen molar-refractivity contribution in [2.75, 3.05) is 6.61 Å². The summed E-state index contributed by atoms with van der Waals surface area (Å²) in [5, 5.41) is 33.2. The molecule has 7 atom stereocenters. The number of aliphatic hydroxyl groups excluding tert-OH is 1. The topological polar surface area (TPSA) is 98.4 Å². The SMILES string of the molecule is CC1(C)CCC2(CO)CCC3(C)C4(C)CCC5C(C)(C)C(=O)C(C#N)=CC5(C)C4=CC(=O)C3(O)C2C1. The molecule has 0 aliphatic heterocycles. The highest BCUT2D eigenvalue weighted by atomic mass is 16.3. The first kappa shape index (κ1) is 25.9. The lowest BCUT2D eigenvalue weighted by atomic mass is 9.33.